The molecule has 2 heteroatoms. The molecular formula is C21H32O2. The summed E-state index contributed by atoms with van der Waals surface area (Å²) in [5, 5.41) is 0. The standard InChI is InChI=1S/C21H32O2/c1-4-6-17-7-9-19(10-8-17)20-13-11-18(12-14-20)16(3)21(22)23-15-5-2/h11-14,16-17,19H,4-10,15H2,1-3H3/t16?,17-,19-. The van der Waals surface area contributed by atoms with Crippen LogP contribution in [0.3, 0.4) is 0 Å². The van der Waals surface area contributed by atoms with Crippen molar-refractivity contribution in [3.8, 4) is 0 Å². The normalized spacial score (nSPS) is 22.6. The summed E-state index contributed by atoms with van der Waals surface area (Å²) in [6.45, 7) is 6.75. The van der Waals surface area contributed by atoms with Gasteiger partial charge in [-0.25, -0.2) is 0 Å². The molecule has 1 aromatic rings. The van der Waals surface area contributed by atoms with E-state index in [9.17, 15) is 4.79 Å². The van der Waals surface area contributed by atoms with Crippen LogP contribution in [0.15, 0.2) is 24.3 Å². The van der Waals surface area contributed by atoms with E-state index in [2.05, 4.69) is 31.2 Å². The number of ether oxygens (including phenoxy) is 1. The molecule has 1 aliphatic carbocycles. The maximum Gasteiger partial charge on any atom is 0.313 e. The number of carbonyl (C=O) groups excluding carboxylic acids is 1. The molecule has 2 nitrogen and oxygen atoms in total. The molecule has 1 fully saturated rings. The Hall–Kier alpha value is -1.31. The van der Waals surface area contributed by atoms with Gasteiger partial charge in [0, 0.05) is 0 Å². The topological polar surface area (TPSA) is 26.3 Å². The smallest absolute Gasteiger partial charge is 0.313 e. The minimum atomic E-state index is -0.170. The van der Waals surface area contributed by atoms with Crippen LogP contribution in [-0.2, 0) is 9.53 Å². The molecule has 1 unspecified atom stereocenters. The Morgan fingerprint density at radius 1 is 1.09 bits per heavy atom. The summed E-state index contributed by atoms with van der Waals surface area (Å²) in [5.41, 5.74) is 2.51. The molecule has 0 saturated heterocycles. The number of hydrogen-bond acceptors (Lipinski definition) is 2. The molecule has 23 heavy (non-hydrogen) atoms. The van der Waals surface area contributed by atoms with Crippen LogP contribution in [0, 0.1) is 5.92 Å². The van der Waals surface area contributed by atoms with Gasteiger partial charge in [-0.05, 0) is 62.0 Å². The van der Waals surface area contributed by atoms with E-state index in [4.69, 9.17) is 4.74 Å². The van der Waals surface area contributed by atoms with Crippen LogP contribution in [0.25, 0.3) is 0 Å². The minimum absolute atomic E-state index is 0.111. The Morgan fingerprint density at radius 3 is 2.30 bits per heavy atom. The maximum absolute atomic E-state index is 12.0. The molecule has 0 aromatic heterocycles. The van der Waals surface area contributed by atoms with E-state index in [0.717, 1.165) is 17.9 Å². The van der Waals surface area contributed by atoms with E-state index < -0.39 is 0 Å². The lowest BCUT2D eigenvalue weighted by atomic mass is 9.77. The lowest BCUT2D eigenvalue weighted by Gasteiger charge is -2.28. The van der Waals surface area contributed by atoms with Gasteiger partial charge in [0.15, 0.2) is 0 Å². The van der Waals surface area contributed by atoms with Crippen molar-refractivity contribution < 1.29 is 9.53 Å². The number of rotatable bonds is 7. The van der Waals surface area contributed by atoms with Gasteiger partial charge in [-0.2, -0.15) is 0 Å². The molecule has 0 aliphatic heterocycles. The molecule has 2 rings (SSSR count). The van der Waals surface area contributed by atoms with E-state index >= 15 is 0 Å². The summed E-state index contributed by atoms with van der Waals surface area (Å²) in [6.07, 6.45) is 8.97. The second kappa shape index (κ2) is 9.10. The Bertz CT molecular complexity index is 469. The third kappa shape index (κ3) is 5.09. The van der Waals surface area contributed by atoms with Gasteiger partial charge in [-0.3, -0.25) is 4.79 Å². The zero-order chi connectivity index (χ0) is 16.7. The summed E-state index contributed by atoms with van der Waals surface area (Å²) in [5.74, 6) is 1.37. The number of esters is 1. The van der Waals surface area contributed by atoms with Gasteiger partial charge in [0.2, 0.25) is 0 Å². The van der Waals surface area contributed by atoms with Gasteiger partial charge in [-0.15, -0.1) is 0 Å². The van der Waals surface area contributed by atoms with Crippen molar-refractivity contribution in [3.63, 3.8) is 0 Å². The SMILES string of the molecule is CCCOC(=O)C(C)c1ccc([C@H]2CC[C@H](CCC)CC2)cc1. The molecule has 0 N–H and O–H groups in total. The number of hydrogen-bond donors (Lipinski definition) is 0. The predicted octanol–water partition coefficient (Wildman–Crippen LogP) is 5.82. The predicted molar refractivity (Wildman–Crippen MR) is 95.7 cm³/mol. The third-order valence-corrected chi connectivity index (χ3v) is 5.25. The van der Waals surface area contributed by atoms with Crippen molar-refractivity contribution in [2.75, 3.05) is 6.61 Å². The van der Waals surface area contributed by atoms with Gasteiger partial charge in [-0.1, -0.05) is 51.0 Å². The fourth-order valence-electron chi connectivity index (χ4n) is 3.71. The summed E-state index contributed by atoms with van der Waals surface area (Å²) in [7, 11) is 0. The zero-order valence-electron chi connectivity index (χ0n) is 15.0. The summed E-state index contributed by atoms with van der Waals surface area (Å²) in [4.78, 5) is 12.0. The number of carbonyl (C=O) groups is 1. The highest BCUT2D eigenvalue weighted by atomic mass is 16.5. The maximum atomic E-state index is 12.0. The lowest BCUT2D eigenvalue weighted by Crippen LogP contribution is -2.15. The fraction of sp³-hybridized carbons (Fsp3) is 0.667. The van der Waals surface area contributed by atoms with Crippen molar-refractivity contribution in [2.45, 2.75) is 77.6 Å². The highest BCUT2D eigenvalue weighted by Crippen LogP contribution is 2.37. The second-order valence-electron chi connectivity index (χ2n) is 7.06. The summed E-state index contributed by atoms with van der Waals surface area (Å²) >= 11 is 0. The molecule has 1 aromatic carbocycles. The Morgan fingerprint density at radius 2 is 1.74 bits per heavy atom. The first-order valence-corrected chi connectivity index (χ1v) is 9.42. The highest BCUT2D eigenvalue weighted by molar-refractivity contribution is 5.77. The van der Waals surface area contributed by atoms with Crippen LogP contribution >= 0.6 is 0 Å². The van der Waals surface area contributed by atoms with Crippen LogP contribution in [0.1, 0.15) is 88.7 Å². The molecule has 1 saturated carbocycles. The molecule has 1 atom stereocenters. The van der Waals surface area contributed by atoms with Crippen molar-refractivity contribution in [2.24, 2.45) is 5.92 Å². The van der Waals surface area contributed by atoms with Gasteiger partial charge < -0.3 is 4.74 Å². The van der Waals surface area contributed by atoms with E-state index in [-0.39, 0.29) is 11.9 Å². The minimum Gasteiger partial charge on any atom is -0.465 e. The van der Waals surface area contributed by atoms with Crippen LogP contribution < -0.4 is 0 Å². The Kier molecular flexibility index (Phi) is 7.14. The van der Waals surface area contributed by atoms with Crippen LogP contribution in [-0.4, -0.2) is 12.6 Å². The quantitative estimate of drug-likeness (QED) is 0.593. The van der Waals surface area contributed by atoms with Crippen molar-refractivity contribution in [3.05, 3.63) is 35.4 Å². The van der Waals surface area contributed by atoms with E-state index in [1.165, 1.54) is 44.1 Å². The highest BCUT2D eigenvalue weighted by Gasteiger charge is 2.22. The van der Waals surface area contributed by atoms with E-state index in [1.54, 1.807) is 0 Å². The van der Waals surface area contributed by atoms with Crippen LogP contribution in [0.2, 0.25) is 0 Å². The molecule has 0 spiro atoms. The van der Waals surface area contributed by atoms with E-state index in [1.807, 2.05) is 13.8 Å². The molecule has 1 aliphatic rings. The van der Waals surface area contributed by atoms with Crippen LogP contribution in [0.5, 0.6) is 0 Å². The number of benzene rings is 1. The first kappa shape index (κ1) is 18.0. The molecule has 128 valence electrons. The van der Waals surface area contributed by atoms with E-state index in [0.29, 0.717) is 12.5 Å². The summed E-state index contributed by atoms with van der Waals surface area (Å²) < 4.78 is 5.25. The van der Waals surface area contributed by atoms with Gasteiger partial charge in [0.05, 0.1) is 12.5 Å². The zero-order valence-corrected chi connectivity index (χ0v) is 15.0. The third-order valence-electron chi connectivity index (χ3n) is 5.25. The largest absolute Gasteiger partial charge is 0.465 e. The molecule has 0 radical (unpaired) electrons. The molecule has 0 heterocycles. The van der Waals surface area contributed by atoms with Gasteiger partial charge in [0.25, 0.3) is 0 Å². The van der Waals surface area contributed by atoms with Crippen molar-refractivity contribution >= 4 is 5.97 Å². The monoisotopic (exact) mass is 316 g/mol. The average Bonchev–Trinajstić information content (AvgIpc) is 2.60. The van der Waals surface area contributed by atoms with Crippen LogP contribution in [0.4, 0.5) is 0 Å². The Balaban J connectivity index is 1.91. The molecule has 0 amide bonds. The summed E-state index contributed by atoms with van der Waals surface area (Å²) in [6, 6.07) is 8.68. The van der Waals surface area contributed by atoms with Crippen molar-refractivity contribution in [1.29, 1.82) is 0 Å². The first-order valence-electron chi connectivity index (χ1n) is 9.42. The van der Waals surface area contributed by atoms with Gasteiger partial charge in [0.1, 0.15) is 0 Å². The fourth-order valence-corrected chi connectivity index (χ4v) is 3.71. The molecule has 0 bridgehead atoms. The van der Waals surface area contributed by atoms with Gasteiger partial charge >= 0.3 is 5.97 Å². The average molecular weight is 316 g/mol. The second-order valence-corrected chi connectivity index (χ2v) is 7.06. The van der Waals surface area contributed by atoms with Crippen molar-refractivity contribution in [1.82, 2.24) is 0 Å². The molecular weight excluding hydrogens is 284 g/mol. The Labute approximate surface area is 141 Å². The first-order chi connectivity index (χ1) is 11.2. The lowest BCUT2D eigenvalue weighted by molar-refractivity contribution is -0.145.